The molecule has 33 heavy (non-hydrogen) atoms. The average Bonchev–Trinajstić information content (AvgIpc) is 3.06. The van der Waals surface area contributed by atoms with E-state index >= 15 is 0 Å². The first-order valence-corrected chi connectivity index (χ1v) is 12.1. The number of aryl methyl sites for hydroxylation is 1. The number of benzene rings is 2. The van der Waals surface area contributed by atoms with E-state index in [9.17, 15) is 28.4 Å². The fourth-order valence-electron chi connectivity index (χ4n) is 4.04. The lowest BCUT2D eigenvalue weighted by molar-refractivity contribution is -0.383. The SMILES string of the molecule is CC(C)(C)c1c(-c2ccccc2)n(C(=O)O)c2c([N+](=O)[O-])cc(CCCOS(C)(=O)=O)cc12. The maximum absolute atomic E-state index is 12.4. The summed E-state index contributed by atoms with van der Waals surface area (Å²) in [6.07, 6.45) is 0.298. The summed E-state index contributed by atoms with van der Waals surface area (Å²) in [7, 11) is -3.58. The van der Waals surface area contributed by atoms with Crippen LogP contribution in [0.25, 0.3) is 22.2 Å². The topological polar surface area (TPSA) is 129 Å². The van der Waals surface area contributed by atoms with E-state index < -0.39 is 26.5 Å². The monoisotopic (exact) mass is 474 g/mol. The van der Waals surface area contributed by atoms with Crippen LogP contribution < -0.4 is 0 Å². The second kappa shape index (κ2) is 8.95. The van der Waals surface area contributed by atoms with Crippen LogP contribution in [0.3, 0.4) is 0 Å². The van der Waals surface area contributed by atoms with Gasteiger partial charge in [0.2, 0.25) is 0 Å². The lowest BCUT2D eigenvalue weighted by Gasteiger charge is -2.21. The Morgan fingerprint density at radius 2 is 1.82 bits per heavy atom. The Hall–Kier alpha value is -3.24. The number of carboxylic acid groups (broad SMARTS) is 1. The summed E-state index contributed by atoms with van der Waals surface area (Å²) in [5.74, 6) is 0. The summed E-state index contributed by atoms with van der Waals surface area (Å²) in [5, 5.41) is 22.6. The number of nitro benzene ring substituents is 1. The van der Waals surface area contributed by atoms with Gasteiger partial charge in [0.1, 0.15) is 5.52 Å². The molecule has 0 radical (unpaired) electrons. The summed E-state index contributed by atoms with van der Waals surface area (Å²) in [6.45, 7) is 5.73. The molecule has 0 fully saturated rings. The van der Waals surface area contributed by atoms with Crippen molar-refractivity contribution in [1.29, 1.82) is 0 Å². The van der Waals surface area contributed by atoms with Crippen molar-refractivity contribution in [3.63, 3.8) is 0 Å². The van der Waals surface area contributed by atoms with Crippen LogP contribution in [0.5, 0.6) is 0 Å². The molecule has 3 rings (SSSR count). The molecule has 2 aromatic carbocycles. The molecule has 1 N–H and O–H groups in total. The minimum absolute atomic E-state index is 0.0208. The first-order valence-electron chi connectivity index (χ1n) is 10.3. The van der Waals surface area contributed by atoms with Crippen molar-refractivity contribution in [2.45, 2.75) is 39.0 Å². The van der Waals surface area contributed by atoms with E-state index in [1.807, 2.05) is 26.8 Å². The van der Waals surface area contributed by atoms with Crippen molar-refractivity contribution in [2.75, 3.05) is 12.9 Å². The van der Waals surface area contributed by atoms with Gasteiger partial charge in [-0.3, -0.25) is 14.3 Å². The van der Waals surface area contributed by atoms with E-state index in [0.717, 1.165) is 10.8 Å². The Morgan fingerprint density at radius 1 is 1.18 bits per heavy atom. The highest BCUT2D eigenvalue weighted by Gasteiger charge is 2.33. The van der Waals surface area contributed by atoms with Gasteiger partial charge in [-0.05, 0) is 41.0 Å². The van der Waals surface area contributed by atoms with Gasteiger partial charge < -0.3 is 5.11 Å². The molecule has 0 atom stereocenters. The Morgan fingerprint density at radius 3 is 2.33 bits per heavy atom. The smallest absolute Gasteiger partial charge is 0.416 e. The van der Waals surface area contributed by atoms with Crippen molar-refractivity contribution in [1.82, 2.24) is 4.57 Å². The number of fused-ring (bicyclic) bond motifs is 1. The lowest BCUT2D eigenvalue weighted by Crippen LogP contribution is -2.15. The summed E-state index contributed by atoms with van der Waals surface area (Å²) >= 11 is 0. The zero-order valence-corrected chi connectivity index (χ0v) is 19.7. The maximum atomic E-state index is 12.4. The van der Waals surface area contributed by atoms with Crippen LogP contribution >= 0.6 is 0 Å². The van der Waals surface area contributed by atoms with Gasteiger partial charge in [-0.1, -0.05) is 51.1 Å². The Kier molecular flexibility index (Phi) is 6.62. The predicted octanol–water partition coefficient (Wildman–Crippen LogP) is 4.95. The number of rotatable bonds is 7. The average molecular weight is 475 g/mol. The number of non-ortho nitro benzene ring substituents is 1. The molecule has 0 unspecified atom stereocenters. The van der Waals surface area contributed by atoms with Gasteiger partial charge in [-0.2, -0.15) is 8.42 Å². The van der Waals surface area contributed by atoms with Gasteiger partial charge in [0.05, 0.1) is 23.5 Å². The molecule has 0 amide bonds. The molecular formula is C23H26N2O7S. The summed E-state index contributed by atoms with van der Waals surface area (Å²) in [5.41, 5.74) is 1.48. The standard InChI is InChI=1S/C23H26N2O7S/c1-23(2,3)19-17-13-15(9-8-12-32-33(4,30)31)14-18(25(28)29)21(17)24(22(26)27)20(19)16-10-6-5-7-11-16/h5-7,10-11,13-14H,8-9,12H2,1-4H3,(H,26,27). The number of nitro groups is 1. The number of hydrogen-bond acceptors (Lipinski definition) is 6. The molecule has 0 saturated carbocycles. The molecule has 0 spiro atoms. The van der Waals surface area contributed by atoms with E-state index in [1.165, 1.54) is 6.07 Å². The fourth-order valence-corrected chi connectivity index (χ4v) is 4.46. The third kappa shape index (κ3) is 5.23. The van der Waals surface area contributed by atoms with Gasteiger partial charge in [0, 0.05) is 11.5 Å². The van der Waals surface area contributed by atoms with E-state index in [-0.39, 0.29) is 17.8 Å². The number of hydrogen-bond donors (Lipinski definition) is 1. The summed E-state index contributed by atoms with van der Waals surface area (Å²) in [4.78, 5) is 23.8. The van der Waals surface area contributed by atoms with E-state index in [1.54, 1.807) is 30.3 Å². The van der Waals surface area contributed by atoms with Gasteiger partial charge in [0.25, 0.3) is 15.8 Å². The van der Waals surface area contributed by atoms with Crippen molar-refractivity contribution in [3.05, 3.63) is 63.7 Å². The highest BCUT2D eigenvalue weighted by molar-refractivity contribution is 7.85. The van der Waals surface area contributed by atoms with Crippen molar-refractivity contribution < 1.29 is 27.4 Å². The van der Waals surface area contributed by atoms with Gasteiger partial charge in [-0.25, -0.2) is 9.36 Å². The molecule has 10 heteroatoms. The number of aromatic nitrogens is 1. The lowest BCUT2D eigenvalue weighted by atomic mass is 9.83. The second-order valence-electron chi connectivity index (χ2n) is 8.86. The van der Waals surface area contributed by atoms with Crippen LogP contribution in [0.2, 0.25) is 0 Å². The third-order valence-electron chi connectivity index (χ3n) is 5.20. The Bertz CT molecular complexity index is 1320. The molecule has 0 bridgehead atoms. The number of carbonyl (C=O) groups is 1. The van der Waals surface area contributed by atoms with E-state index in [2.05, 4.69) is 0 Å². The van der Waals surface area contributed by atoms with E-state index in [0.29, 0.717) is 40.6 Å². The number of nitrogens with zero attached hydrogens (tertiary/aromatic N) is 2. The van der Waals surface area contributed by atoms with Crippen molar-refractivity contribution in [2.24, 2.45) is 0 Å². The zero-order valence-electron chi connectivity index (χ0n) is 18.9. The molecule has 176 valence electrons. The Labute approximate surface area is 191 Å². The van der Waals surface area contributed by atoms with Gasteiger partial charge in [0.15, 0.2) is 0 Å². The van der Waals surface area contributed by atoms with Crippen molar-refractivity contribution in [3.8, 4) is 11.3 Å². The van der Waals surface area contributed by atoms with Crippen LogP contribution in [0.4, 0.5) is 10.5 Å². The van der Waals surface area contributed by atoms with Crippen LogP contribution in [0.15, 0.2) is 42.5 Å². The normalized spacial score (nSPS) is 12.2. The maximum Gasteiger partial charge on any atom is 0.416 e. The largest absolute Gasteiger partial charge is 0.464 e. The van der Waals surface area contributed by atoms with Crippen LogP contribution in [-0.4, -0.2) is 42.0 Å². The van der Waals surface area contributed by atoms with Crippen LogP contribution in [-0.2, 0) is 26.1 Å². The third-order valence-corrected chi connectivity index (χ3v) is 5.79. The molecule has 0 aliphatic carbocycles. The molecule has 1 aromatic heterocycles. The van der Waals surface area contributed by atoms with Crippen LogP contribution in [0, 0.1) is 10.1 Å². The van der Waals surface area contributed by atoms with Gasteiger partial charge in [-0.15, -0.1) is 0 Å². The van der Waals surface area contributed by atoms with Crippen molar-refractivity contribution >= 4 is 32.8 Å². The second-order valence-corrected chi connectivity index (χ2v) is 10.5. The molecule has 1 heterocycles. The molecule has 9 nitrogen and oxygen atoms in total. The summed E-state index contributed by atoms with van der Waals surface area (Å²) < 4.78 is 28.1. The minimum Gasteiger partial charge on any atom is -0.464 e. The Balaban J connectivity index is 2.31. The first kappa shape index (κ1) is 24.4. The van der Waals surface area contributed by atoms with Crippen LogP contribution in [0.1, 0.15) is 38.3 Å². The molecule has 0 aliphatic heterocycles. The zero-order chi connectivity index (χ0) is 24.6. The quantitative estimate of drug-likeness (QED) is 0.222. The molecule has 0 aliphatic rings. The van der Waals surface area contributed by atoms with E-state index in [4.69, 9.17) is 4.18 Å². The summed E-state index contributed by atoms with van der Waals surface area (Å²) in [6, 6.07) is 12.0. The minimum atomic E-state index is -3.58. The molecule has 0 saturated heterocycles. The van der Waals surface area contributed by atoms with Gasteiger partial charge >= 0.3 is 6.09 Å². The predicted molar refractivity (Wildman–Crippen MR) is 125 cm³/mol. The highest BCUT2D eigenvalue weighted by Crippen LogP contribution is 2.44. The fraction of sp³-hybridized carbons (Fsp3) is 0.348. The first-order chi connectivity index (χ1) is 15.3. The molecule has 3 aromatic rings. The molecular weight excluding hydrogens is 448 g/mol. The highest BCUT2D eigenvalue weighted by atomic mass is 32.2.